The maximum atomic E-state index is 12.0. The molecule has 3 rings (SSSR count). The second kappa shape index (κ2) is 6.95. The summed E-state index contributed by atoms with van der Waals surface area (Å²) in [5, 5.41) is 15.2. The normalized spacial score (nSPS) is 13.8. The molecule has 7 heteroatoms. The maximum absolute atomic E-state index is 12.0. The molecule has 0 saturated carbocycles. The number of aromatic nitrogens is 4. The number of carbonyl (C=O) groups is 1. The van der Waals surface area contributed by atoms with Crippen LogP contribution in [0.2, 0.25) is 0 Å². The molecule has 2 N–H and O–H groups in total. The molecule has 2 aromatic heterocycles. The molecular formula is C16H24N6O. The van der Waals surface area contributed by atoms with Crippen LogP contribution in [0.25, 0.3) is 0 Å². The van der Waals surface area contributed by atoms with Crippen LogP contribution in [0, 0.1) is 13.8 Å². The lowest BCUT2D eigenvalue weighted by molar-refractivity contribution is -0.121. The topological polar surface area (TPSA) is 76.8 Å². The van der Waals surface area contributed by atoms with Gasteiger partial charge in [0.25, 0.3) is 0 Å². The van der Waals surface area contributed by atoms with Crippen molar-refractivity contribution >= 4 is 5.91 Å². The Kier molecular flexibility index (Phi) is 4.76. The average molecular weight is 316 g/mol. The molecule has 0 fully saturated rings. The third-order valence-electron chi connectivity index (χ3n) is 4.06. The van der Waals surface area contributed by atoms with Crippen LogP contribution in [0.3, 0.4) is 0 Å². The number of hydrogen-bond acceptors (Lipinski definition) is 4. The summed E-state index contributed by atoms with van der Waals surface area (Å²) >= 11 is 0. The van der Waals surface area contributed by atoms with Crippen LogP contribution in [0.5, 0.6) is 0 Å². The number of aryl methyl sites for hydroxylation is 3. The van der Waals surface area contributed by atoms with Gasteiger partial charge in [-0.3, -0.25) is 14.2 Å². The summed E-state index contributed by atoms with van der Waals surface area (Å²) in [6, 6.07) is 4.11. The molecule has 2 aromatic rings. The number of hydrogen-bond donors (Lipinski definition) is 2. The fourth-order valence-corrected chi connectivity index (χ4v) is 2.91. The van der Waals surface area contributed by atoms with Crippen LogP contribution in [-0.4, -0.2) is 32.0 Å². The summed E-state index contributed by atoms with van der Waals surface area (Å²) in [5.41, 5.74) is 4.27. The van der Waals surface area contributed by atoms with Crippen molar-refractivity contribution in [2.75, 3.05) is 6.54 Å². The highest BCUT2D eigenvalue weighted by Gasteiger charge is 2.12. The highest BCUT2D eigenvalue weighted by atomic mass is 16.1. The van der Waals surface area contributed by atoms with Gasteiger partial charge >= 0.3 is 0 Å². The third kappa shape index (κ3) is 3.98. The Morgan fingerprint density at radius 3 is 2.96 bits per heavy atom. The van der Waals surface area contributed by atoms with Crippen molar-refractivity contribution in [2.45, 2.75) is 52.9 Å². The predicted octanol–water partition coefficient (Wildman–Crippen LogP) is 0.896. The first-order valence-electron chi connectivity index (χ1n) is 8.16. The smallest absolute Gasteiger partial charge is 0.220 e. The number of rotatable bonds is 6. The zero-order valence-electron chi connectivity index (χ0n) is 13.8. The Morgan fingerprint density at radius 1 is 1.35 bits per heavy atom. The van der Waals surface area contributed by atoms with Gasteiger partial charge in [0.05, 0.1) is 30.2 Å². The fourth-order valence-electron chi connectivity index (χ4n) is 2.91. The number of carbonyl (C=O) groups excluding carboxylic acids is 1. The molecule has 1 amide bonds. The van der Waals surface area contributed by atoms with E-state index in [4.69, 9.17) is 0 Å². The Hall–Kier alpha value is -2.15. The molecule has 0 aromatic carbocycles. The van der Waals surface area contributed by atoms with E-state index in [0.717, 1.165) is 49.7 Å². The molecular weight excluding hydrogens is 292 g/mol. The Labute approximate surface area is 136 Å². The first-order valence-corrected chi connectivity index (χ1v) is 8.16. The van der Waals surface area contributed by atoms with Gasteiger partial charge in [-0.2, -0.15) is 10.2 Å². The van der Waals surface area contributed by atoms with Crippen molar-refractivity contribution in [2.24, 2.45) is 0 Å². The van der Waals surface area contributed by atoms with Gasteiger partial charge in [-0.05, 0) is 32.4 Å². The van der Waals surface area contributed by atoms with E-state index in [0.29, 0.717) is 13.0 Å². The number of amides is 1. The molecule has 23 heavy (non-hydrogen) atoms. The van der Waals surface area contributed by atoms with E-state index >= 15 is 0 Å². The van der Waals surface area contributed by atoms with Crippen molar-refractivity contribution in [3.05, 3.63) is 34.9 Å². The summed E-state index contributed by atoms with van der Waals surface area (Å²) in [5.74, 6) is 0.0654. The zero-order valence-corrected chi connectivity index (χ0v) is 13.8. The molecule has 0 radical (unpaired) electrons. The fraction of sp³-hybridized carbons (Fsp3) is 0.562. The standard InChI is InChI=1S/C16H24N6O/c1-12-8-13(2)21(19-12)6-3-4-16(23)18-10-14-9-15-11-17-5-7-22(15)20-14/h8-9,17H,3-7,10-11H2,1-2H3,(H,18,23). The molecule has 0 saturated heterocycles. The Bertz CT molecular complexity index is 663. The maximum Gasteiger partial charge on any atom is 0.220 e. The second-order valence-corrected chi connectivity index (χ2v) is 6.06. The molecule has 0 atom stereocenters. The van der Waals surface area contributed by atoms with Crippen molar-refractivity contribution < 1.29 is 4.79 Å². The van der Waals surface area contributed by atoms with Crippen LogP contribution in [0.15, 0.2) is 12.1 Å². The van der Waals surface area contributed by atoms with E-state index in [1.807, 2.05) is 23.2 Å². The molecule has 0 aliphatic carbocycles. The Morgan fingerprint density at radius 2 is 2.22 bits per heavy atom. The van der Waals surface area contributed by atoms with Crippen LogP contribution >= 0.6 is 0 Å². The van der Waals surface area contributed by atoms with Crippen LogP contribution in [0.4, 0.5) is 0 Å². The van der Waals surface area contributed by atoms with Crippen LogP contribution in [-0.2, 0) is 31.0 Å². The number of nitrogens with zero attached hydrogens (tertiary/aromatic N) is 4. The first-order chi connectivity index (χ1) is 11.1. The third-order valence-corrected chi connectivity index (χ3v) is 4.06. The van der Waals surface area contributed by atoms with Crippen molar-refractivity contribution in [3.63, 3.8) is 0 Å². The summed E-state index contributed by atoms with van der Waals surface area (Å²) in [6.07, 6.45) is 1.30. The van der Waals surface area contributed by atoms with Gasteiger partial charge in [-0.15, -0.1) is 0 Å². The van der Waals surface area contributed by atoms with E-state index in [-0.39, 0.29) is 5.91 Å². The molecule has 1 aliphatic rings. The minimum Gasteiger partial charge on any atom is -0.350 e. The lowest BCUT2D eigenvalue weighted by Crippen LogP contribution is -2.28. The van der Waals surface area contributed by atoms with E-state index in [2.05, 4.69) is 33.0 Å². The monoisotopic (exact) mass is 316 g/mol. The quantitative estimate of drug-likeness (QED) is 0.830. The van der Waals surface area contributed by atoms with Crippen molar-refractivity contribution in [3.8, 4) is 0 Å². The number of nitrogens with one attached hydrogen (secondary N) is 2. The van der Waals surface area contributed by atoms with Gasteiger partial charge in [0.1, 0.15) is 0 Å². The minimum absolute atomic E-state index is 0.0654. The van der Waals surface area contributed by atoms with E-state index in [1.54, 1.807) is 0 Å². The van der Waals surface area contributed by atoms with Gasteiger partial charge in [0.15, 0.2) is 0 Å². The molecule has 1 aliphatic heterocycles. The first kappa shape index (κ1) is 15.7. The summed E-state index contributed by atoms with van der Waals surface area (Å²) in [7, 11) is 0. The lowest BCUT2D eigenvalue weighted by Gasteiger charge is -2.13. The van der Waals surface area contributed by atoms with Crippen LogP contribution in [0.1, 0.15) is 35.6 Å². The minimum atomic E-state index is 0.0654. The van der Waals surface area contributed by atoms with Gasteiger partial charge in [0.2, 0.25) is 5.91 Å². The summed E-state index contributed by atoms with van der Waals surface area (Å²) in [6.45, 7) is 7.99. The SMILES string of the molecule is Cc1cc(C)n(CCCC(=O)NCc2cc3n(n2)CCNC3)n1. The molecule has 7 nitrogen and oxygen atoms in total. The number of fused-ring (bicyclic) bond motifs is 1. The highest BCUT2D eigenvalue weighted by Crippen LogP contribution is 2.08. The molecule has 0 spiro atoms. The largest absolute Gasteiger partial charge is 0.350 e. The van der Waals surface area contributed by atoms with E-state index in [1.165, 1.54) is 5.69 Å². The van der Waals surface area contributed by atoms with Gasteiger partial charge in [-0.25, -0.2) is 0 Å². The summed E-state index contributed by atoms with van der Waals surface area (Å²) < 4.78 is 3.97. The molecule has 124 valence electrons. The Balaban J connectivity index is 1.41. The van der Waals surface area contributed by atoms with Crippen molar-refractivity contribution in [1.82, 2.24) is 30.2 Å². The van der Waals surface area contributed by atoms with Crippen LogP contribution < -0.4 is 10.6 Å². The lowest BCUT2D eigenvalue weighted by atomic mass is 10.2. The van der Waals surface area contributed by atoms with Crippen molar-refractivity contribution in [1.29, 1.82) is 0 Å². The second-order valence-electron chi connectivity index (χ2n) is 6.06. The van der Waals surface area contributed by atoms with E-state index in [9.17, 15) is 4.79 Å². The van der Waals surface area contributed by atoms with Gasteiger partial charge < -0.3 is 10.6 Å². The van der Waals surface area contributed by atoms with E-state index < -0.39 is 0 Å². The van der Waals surface area contributed by atoms with Gasteiger partial charge in [-0.1, -0.05) is 0 Å². The predicted molar refractivity (Wildman–Crippen MR) is 86.7 cm³/mol. The molecule has 3 heterocycles. The molecule has 0 unspecified atom stereocenters. The van der Waals surface area contributed by atoms with Gasteiger partial charge in [0, 0.05) is 31.7 Å². The average Bonchev–Trinajstić information content (AvgIpc) is 3.08. The summed E-state index contributed by atoms with van der Waals surface area (Å²) in [4.78, 5) is 12.0. The zero-order chi connectivity index (χ0) is 16.2. The molecule has 0 bridgehead atoms. The highest BCUT2D eigenvalue weighted by molar-refractivity contribution is 5.75.